The molecule has 0 radical (unpaired) electrons. The third-order valence-electron chi connectivity index (χ3n) is 5.04. The van der Waals surface area contributed by atoms with Crippen LogP contribution in [0.25, 0.3) is 22.3 Å². The van der Waals surface area contributed by atoms with Crippen LogP contribution in [0.3, 0.4) is 0 Å². The molecule has 1 fully saturated rings. The largest absolute Gasteiger partial charge is 0.368 e. The van der Waals surface area contributed by atoms with Gasteiger partial charge in [-0.3, -0.25) is 4.79 Å². The Labute approximate surface area is 175 Å². The summed E-state index contributed by atoms with van der Waals surface area (Å²) < 4.78 is 29.6. The van der Waals surface area contributed by atoms with Crippen molar-refractivity contribution in [3.63, 3.8) is 0 Å². The normalized spacial score (nSPS) is 15.4. The van der Waals surface area contributed by atoms with Crippen molar-refractivity contribution in [2.75, 3.05) is 25.9 Å². The first-order valence-electron chi connectivity index (χ1n) is 9.33. The Morgan fingerprint density at radius 3 is 2.50 bits per heavy atom. The molecule has 1 aliphatic rings. The number of benzene rings is 2. The Kier molecular flexibility index (Phi) is 5.56. The highest BCUT2D eigenvalue weighted by Gasteiger charge is 2.36. The lowest BCUT2D eigenvalue weighted by atomic mass is 10.0. The minimum Gasteiger partial charge on any atom is -0.368 e. The maximum absolute atomic E-state index is 14.9. The van der Waals surface area contributed by atoms with Crippen molar-refractivity contribution in [1.82, 2.24) is 19.6 Å². The molecule has 2 aromatic carbocycles. The number of nitrogens with one attached hydrogen (secondary N) is 1. The second-order valence-corrected chi connectivity index (χ2v) is 8.38. The molecule has 154 valence electrons. The third-order valence-corrected chi connectivity index (χ3v) is 6.54. The number of hydrogen-bond donors (Lipinski definition) is 2. The van der Waals surface area contributed by atoms with Gasteiger partial charge < -0.3 is 11.1 Å². The molecule has 0 aliphatic carbocycles. The summed E-state index contributed by atoms with van der Waals surface area (Å²) in [5, 5.41) is 2.61. The highest BCUT2D eigenvalue weighted by molar-refractivity contribution is 7.82. The summed E-state index contributed by atoms with van der Waals surface area (Å²) in [6, 6.07) is 12.0. The first-order chi connectivity index (χ1) is 14.5. The topological polar surface area (TPSA) is 101 Å². The SMILES string of the molecule is CNC(=O)C1CN(S(=O)c2ccccc2-c2ccc(-c3cnc(N)nc3)c(F)c2)C1. The molecular weight excluding hydrogens is 405 g/mol. The standard InChI is InChI=1S/C21H20FN5O2S/c1-24-20(28)15-11-27(12-15)30(29)19-5-3-2-4-17(19)13-6-7-16(18(22)8-13)14-9-25-21(23)26-10-14/h2-10,15H,11-12H2,1H3,(H,24,28)(H2,23,25,26). The molecule has 1 atom stereocenters. The fourth-order valence-electron chi connectivity index (χ4n) is 3.33. The molecule has 30 heavy (non-hydrogen) atoms. The number of nitrogens with zero attached hydrogens (tertiary/aromatic N) is 3. The molecule has 3 N–H and O–H groups in total. The summed E-state index contributed by atoms with van der Waals surface area (Å²) in [5.41, 5.74) is 7.65. The van der Waals surface area contributed by atoms with Crippen molar-refractivity contribution in [2.45, 2.75) is 4.90 Å². The van der Waals surface area contributed by atoms with Gasteiger partial charge in [0.1, 0.15) is 16.8 Å². The maximum atomic E-state index is 14.9. The van der Waals surface area contributed by atoms with Gasteiger partial charge >= 0.3 is 0 Å². The molecule has 2 heterocycles. The van der Waals surface area contributed by atoms with E-state index in [1.54, 1.807) is 35.6 Å². The third kappa shape index (κ3) is 3.81. The molecule has 1 aliphatic heterocycles. The first-order valence-corrected chi connectivity index (χ1v) is 10.4. The summed E-state index contributed by atoms with van der Waals surface area (Å²) in [5.74, 6) is -0.535. The van der Waals surface area contributed by atoms with Crippen molar-refractivity contribution >= 4 is 22.8 Å². The number of aromatic nitrogens is 2. The predicted octanol–water partition coefficient (Wildman–Crippen LogP) is 2.23. The van der Waals surface area contributed by atoms with Crippen LogP contribution in [0, 0.1) is 11.7 Å². The van der Waals surface area contributed by atoms with Crippen molar-refractivity contribution in [3.8, 4) is 22.3 Å². The van der Waals surface area contributed by atoms with Crippen LogP contribution in [0.4, 0.5) is 10.3 Å². The predicted molar refractivity (Wildman–Crippen MR) is 113 cm³/mol. The van der Waals surface area contributed by atoms with Crippen LogP contribution in [0.15, 0.2) is 59.8 Å². The summed E-state index contributed by atoms with van der Waals surface area (Å²) in [6.45, 7) is 0.843. The van der Waals surface area contributed by atoms with E-state index in [1.165, 1.54) is 18.5 Å². The summed E-state index contributed by atoms with van der Waals surface area (Å²) in [6.07, 6.45) is 2.94. The van der Waals surface area contributed by atoms with Crippen LogP contribution >= 0.6 is 0 Å². The van der Waals surface area contributed by atoms with Gasteiger partial charge in [-0.05, 0) is 23.3 Å². The fourth-order valence-corrected chi connectivity index (χ4v) is 4.81. The summed E-state index contributed by atoms with van der Waals surface area (Å²) >= 11 is 0. The van der Waals surface area contributed by atoms with Crippen molar-refractivity contribution in [1.29, 1.82) is 0 Å². The molecule has 1 amide bonds. The van der Waals surface area contributed by atoms with Gasteiger partial charge in [0.25, 0.3) is 0 Å². The molecule has 3 aromatic rings. The average Bonchev–Trinajstić information content (AvgIpc) is 2.73. The maximum Gasteiger partial charge on any atom is 0.225 e. The van der Waals surface area contributed by atoms with Gasteiger partial charge in [-0.1, -0.05) is 30.3 Å². The molecule has 1 aromatic heterocycles. The lowest BCUT2D eigenvalue weighted by Crippen LogP contribution is -2.53. The summed E-state index contributed by atoms with van der Waals surface area (Å²) in [7, 11) is 0.143. The summed E-state index contributed by atoms with van der Waals surface area (Å²) in [4.78, 5) is 20.1. The number of anilines is 1. The Balaban J connectivity index is 1.61. The van der Waals surface area contributed by atoms with Gasteiger partial charge in [0.05, 0.1) is 10.8 Å². The van der Waals surface area contributed by atoms with E-state index in [0.717, 1.165) is 0 Å². The van der Waals surface area contributed by atoms with E-state index in [0.29, 0.717) is 40.2 Å². The quantitative estimate of drug-likeness (QED) is 0.653. The number of rotatable bonds is 5. The molecule has 1 unspecified atom stereocenters. The van der Waals surface area contributed by atoms with Gasteiger partial charge in [0.2, 0.25) is 11.9 Å². The monoisotopic (exact) mass is 425 g/mol. The fraction of sp³-hybridized carbons (Fsp3) is 0.190. The zero-order valence-electron chi connectivity index (χ0n) is 16.2. The Morgan fingerprint density at radius 1 is 1.13 bits per heavy atom. The van der Waals surface area contributed by atoms with Crippen LogP contribution < -0.4 is 11.1 Å². The Hall–Kier alpha value is -3.17. The number of hydrogen-bond acceptors (Lipinski definition) is 5. The molecule has 7 nitrogen and oxygen atoms in total. The van der Waals surface area contributed by atoms with E-state index >= 15 is 0 Å². The molecule has 9 heteroatoms. The van der Waals surface area contributed by atoms with Crippen molar-refractivity contribution in [2.24, 2.45) is 5.92 Å². The molecule has 0 spiro atoms. The number of carbonyl (C=O) groups is 1. The number of nitrogens with two attached hydrogens (primary N) is 1. The van der Waals surface area contributed by atoms with Crippen molar-refractivity contribution < 1.29 is 13.4 Å². The van der Waals surface area contributed by atoms with E-state index in [2.05, 4.69) is 15.3 Å². The van der Waals surface area contributed by atoms with E-state index in [9.17, 15) is 13.4 Å². The highest BCUT2D eigenvalue weighted by atomic mass is 32.2. The smallest absolute Gasteiger partial charge is 0.225 e. The van der Waals surface area contributed by atoms with Crippen LogP contribution in [0.1, 0.15) is 0 Å². The van der Waals surface area contributed by atoms with Gasteiger partial charge in [0, 0.05) is 43.7 Å². The lowest BCUT2D eigenvalue weighted by Gasteiger charge is -2.36. The van der Waals surface area contributed by atoms with Gasteiger partial charge in [-0.25, -0.2) is 22.9 Å². The lowest BCUT2D eigenvalue weighted by molar-refractivity contribution is -0.127. The van der Waals surface area contributed by atoms with E-state index in [4.69, 9.17) is 5.73 Å². The number of amides is 1. The molecule has 0 saturated carbocycles. The molecule has 4 rings (SSSR count). The van der Waals surface area contributed by atoms with Gasteiger partial charge in [-0.2, -0.15) is 0 Å². The second kappa shape index (κ2) is 8.29. The van der Waals surface area contributed by atoms with E-state index in [-0.39, 0.29) is 17.8 Å². The molecule has 1 saturated heterocycles. The first kappa shape index (κ1) is 20.1. The minimum atomic E-state index is -1.45. The Morgan fingerprint density at radius 2 is 1.83 bits per heavy atom. The zero-order chi connectivity index (χ0) is 21.3. The molecular formula is C21H20FN5O2S. The number of nitrogen functional groups attached to an aromatic ring is 1. The average molecular weight is 425 g/mol. The minimum absolute atomic E-state index is 0.0548. The van der Waals surface area contributed by atoms with Crippen LogP contribution in [-0.4, -0.2) is 44.5 Å². The van der Waals surface area contributed by atoms with E-state index in [1.807, 2.05) is 12.1 Å². The van der Waals surface area contributed by atoms with Gasteiger partial charge in [0.15, 0.2) is 0 Å². The van der Waals surface area contributed by atoms with Crippen LogP contribution in [0.5, 0.6) is 0 Å². The van der Waals surface area contributed by atoms with Gasteiger partial charge in [-0.15, -0.1) is 0 Å². The van der Waals surface area contributed by atoms with Crippen LogP contribution in [-0.2, 0) is 15.8 Å². The molecule has 0 bridgehead atoms. The second-order valence-electron chi connectivity index (χ2n) is 6.93. The zero-order valence-corrected chi connectivity index (χ0v) is 17.0. The number of halogens is 1. The van der Waals surface area contributed by atoms with Crippen LogP contribution in [0.2, 0.25) is 0 Å². The Bertz CT molecular complexity index is 1120. The number of carbonyl (C=O) groups excluding carboxylic acids is 1. The van der Waals surface area contributed by atoms with E-state index < -0.39 is 16.8 Å². The van der Waals surface area contributed by atoms with Crippen molar-refractivity contribution in [3.05, 3.63) is 60.7 Å². The highest BCUT2D eigenvalue weighted by Crippen LogP contribution is 2.33.